The summed E-state index contributed by atoms with van der Waals surface area (Å²) in [7, 11) is 0. The van der Waals surface area contributed by atoms with E-state index in [1.165, 1.54) is 6.92 Å². The van der Waals surface area contributed by atoms with E-state index >= 15 is 0 Å². The maximum atomic E-state index is 12.7. The molecule has 134 valence electrons. The second-order valence-electron chi connectivity index (χ2n) is 6.58. The van der Waals surface area contributed by atoms with Gasteiger partial charge in [-0.2, -0.15) is 0 Å². The van der Waals surface area contributed by atoms with Gasteiger partial charge in [0.25, 0.3) is 0 Å². The maximum absolute atomic E-state index is 12.7. The van der Waals surface area contributed by atoms with Gasteiger partial charge in [-0.05, 0) is 48.2 Å². The number of rotatable bonds is 3. The number of aryl methyl sites for hydroxylation is 2. The second-order valence-corrected chi connectivity index (χ2v) is 6.98. The Labute approximate surface area is 158 Å². The summed E-state index contributed by atoms with van der Waals surface area (Å²) < 4.78 is 0. The number of carbonyl (C=O) groups excluding carboxylic acids is 2. The molecule has 0 radical (unpaired) electrons. The van der Waals surface area contributed by atoms with Crippen LogP contribution >= 0.6 is 11.6 Å². The van der Waals surface area contributed by atoms with Gasteiger partial charge in [-0.1, -0.05) is 41.9 Å². The topological polar surface area (TPSA) is 49.4 Å². The highest BCUT2D eigenvalue weighted by Crippen LogP contribution is 2.34. The van der Waals surface area contributed by atoms with E-state index in [0.29, 0.717) is 10.7 Å². The molecule has 1 heterocycles. The molecule has 2 aromatic rings. The molecule has 0 aromatic heterocycles. The normalized spacial score (nSPS) is 15.5. The highest BCUT2D eigenvalue weighted by Gasteiger charge is 2.28. The number of nitrogens with zero attached hydrogens (tertiary/aromatic N) is 1. The SMILES string of the molecule is CC(=O)N1C=Cc2ccccc2C1CC(=O)Nc1c(C)cc(C)cc1Cl. The fourth-order valence-corrected chi connectivity index (χ4v) is 3.72. The molecular weight excluding hydrogens is 348 g/mol. The molecule has 3 rings (SSSR count). The van der Waals surface area contributed by atoms with Crippen LogP contribution in [0.4, 0.5) is 5.69 Å². The molecule has 0 saturated carbocycles. The monoisotopic (exact) mass is 368 g/mol. The van der Waals surface area contributed by atoms with Crippen LogP contribution in [0.1, 0.15) is 41.6 Å². The van der Waals surface area contributed by atoms with Gasteiger partial charge in [-0.3, -0.25) is 9.59 Å². The minimum Gasteiger partial charge on any atom is -0.324 e. The van der Waals surface area contributed by atoms with Crippen molar-refractivity contribution < 1.29 is 9.59 Å². The molecule has 0 aliphatic carbocycles. The molecule has 5 heteroatoms. The lowest BCUT2D eigenvalue weighted by molar-refractivity contribution is -0.129. The summed E-state index contributed by atoms with van der Waals surface area (Å²) in [6.07, 6.45) is 3.80. The van der Waals surface area contributed by atoms with E-state index in [1.54, 1.807) is 11.1 Å². The van der Waals surface area contributed by atoms with Crippen LogP contribution in [-0.2, 0) is 9.59 Å². The van der Waals surface area contributed by atoms with Crippen molar-refractivity contribution in [3.63, 3.8) is 0 Å². The van der Waals surface area contributed by atoms with Gasteiger partial charge >= 0.3 is 0 Å². The van der Waals surface area contributed by atoms with E-state index in [2.05, 4.69) is 5.32 Å². The van der Waals surface area contributed by atoms with E-state index in [4.69, 9.17) is 11.6 Å². The standard InChI is InChI=1S/C21H21ClN2O2/c1-13-10-14(2)21(18(22)11-13)23-20(26)12-19-17-7-5-4-6-16(17)8-9-24(19)15(3)25/h4-11,19H,12H2,1-3H3,(H,23,26). The average molecular weight is 369 g/mol. The summed E-state index contributed by atoms with van der Waals surface area (Å²) in [4.78, 5) is 26.3. The molecule has 0 spiro atoms. The summed E-state index contributed by atoms with van der Waals surface area (Å²) in [5.74, 6) is -0.279. The van der Waals surface area contributed by atoms with Crippen molar-refractivity contribution in [3.8, 4) is 0 Å². The maximum Gasteiger partial charge on any atom is 0.226 e. The van der Waals surface area contributed by atoms with Crippen molar-refractivity contribution in [1.29, 1.82) is 0 Å². The minimum absolute atomic E-state index is 0.0990. The first-order chi connectivity index (χ1) is 12.4. The highest BCUT2D eigenvalue weighted by atomic mass is 35.5. The third kappa shape index (κ3) is 3.65. The van der Waals surface area contributed by atoms with Gasteiger partial charge in [-0.25, -0.2) is 0 Å². The van der Waals surface area contributed by atoms with Crippen molar-refractivity contribution in [2.24, 2.45) is 0 Å². The number of halogens is 1. The molecule has 1 N–H and O–H groups in total. The quantitative estimate of drug-likeness (QED) is 0.841. The number of anilines is 1. The molecular formula is C21H21ClN2O2. The van der Waals surface area contributed by atoms with Crippen molar-refractivity contribution in [2.75, 3.05) is 5.32 Å². The Kier molecular flexibility index (Phi) is 5.14. The number of fused-ring (bicyclic) bond motifs is 1. The van der Waals surface area contributed by atoms with Crippen LogP contribution in [0, 0.1) is 13.8 Å². The number of benzene rings is 2. The van der Waals surface area contributed by atoms with Gasteiger partial charge in [0.05, 0.1) is 23.2 Å². The smallest absolute Gasteiger partial charge is 0.226 e. The summed E-state index contributed by atoms with van der Waals surface area (Å²) in [6, 6.07) is 11.3. The molecule has 2 amide bonds. The lowest BCUT2D eigenvalue weighted by Crippen LogP contribution is -2.33. The average Bonchev–Trinajstić information content (AvgIpc) is 2.58. The molecule has 0 fully saturated rings. The molecule has 2 aromatic carbocycles. The predicted octanol–water partition coefficient (Wildman–Crippen LogP) is 4.86. The van der Waals surface area contributed by atoms with Crippen LogP contribution < -0.4 is 5.32 Å². The lowest BCUT2D eigenvalue weighted by atomic mass is 9.93. The van der Waals surface area contributed by atoms with Crippen LogP contribution in [0.15, 0.2) is 42.6 Å². The fraction of sp³-hybridized carbons (Fsp3) is 0.238. The van der Waals surface area contributed by atoms with E-state index < -0.39 is 0 Å². The number of hydrogen-bond donors (Lipinski definition) is 1. The Hall–Kier alpha value is -2.59. The van der Waals surface area contributed by atoms with E-state index in [9.17, 15) is 9.59 Å². The van der Waals surface area contributed by atoms with Crippen molar-refractivity contribution >= 4 is 35.2 Å². The van der Waals surface area contributed by atoms with Crippen LogP contribution in [0.2, 0.25) is 5.02 Å². The zero-order valence-electron chi connectivity index (χ0n) is 15.0. The third-order valence-electron chi connectivity index (χ3n) is 4.54. The van der Waals surface area contributed by atoms with E-state index in [1.807, 2.05) is 56.3 Å². The molecule has 0 saturated heterocycles. The Bertz CT molecular complexity index is 882. The van der Waals surface area contributed by atoms with E-state index in [0.717, 1.165) is 22.3 Å². The first-order valence-corrected chi connectivity index (χ1v) is 8.87. The molecule has 0 bridgehead atoms. The molecule has 1 aliphatic heterocycles. The van der Waals surface area contributed by atoms with Crippen molar-refractivity contribution in [2.45, 2.75) is 33.2 Å². The first kappa shape index (κ1) is 18.2. The van der Waals surface area contributed by atoms with Crippen molar-refractivity contribution in [1.82, 2.24) is 4.90 Å². The summed E-state index contributed by atoms with van der Waals surface area (Å²) in [5, 5.41) is 3.43. The number of hydrogen-bond acceptors (Lipinski definition) is 2. The second kappa shape index (κ2) is 7.34. The summed E-state index contributed by atoms with van der Waals surface area (Å²) in [6.45, 7) is 5.37. The van der Waals surface area contributed by atoms with Gasteiger partial charge in [0.1, 0.15) is 0 Å². The summed E-state index contributed by atoms with van der Waals surface area (Å²) >= 11 is 6.29. The minimum atomic E-state index is -0.335. The lowest BCUT2D eigenvalue weighted by Gasteiger charge is -2.32. The zero-order valence-corrected chi connectivity index (χ0v) is 15.8. The number of nitrogens with one attached hydrogen (secondary N) is 1. The third-order valence-corrected chi connectivity index (χ3v) is 4.84. The highest BCUT2D eigenvalue weighted by molar-refractivity contribution is 6.34. The van der Waals surface area contributed by atoms with Gasteiger partial charge < -0.3 is 10.2 Å². The fourth-order valence-electron chi connectivity index (χ4n) is 3.35. The van der Waals surface area contributed by atoms with Gasteiger partial charge in [0, 0.05) is 13.1 Å². The Morgan fingerprint density at radius 1 is 1.19 bits per heavy atom. The van der Waals surface area contributed by atoms with Gasteiger partial charge in [0.2, 0.25) is 11.8 Å². The predicted molar refractivity (Wildman–Crippen MR) is 105 cm³/mol. The Morgan fingerprint density at radius 3 is 2.62 bits per heavy atom. The largest absolute Gasteiger partial charge is 0.324 e. The number of carbonyl (C=O) groups is 2. The van der Waals surface area contributed by atoms with Gasteiger partial charge in [0.15, 0.2) is 0 Å². The van der Waals surface area contributed by atoms with Gasteiger partial charge in [-0.15, -0.1) is 0 Å². The zero-order chi connectivity index (χ0) is 18.8. The Morgan fingerprint density at radius 2 is 1.92 bits per heavy atom. The number of amides is 2. The molecule has 1 atom stereocenters. The van der Waals surface area contributed by atoms with Crippen molar-refractivity contribution in [3.05, 3.63) is 69.9 Å². The van der Waals surface area contributed by atoms with Crippen LogP contribution in [0.25, 0.3) is 6.08 Å². The van der Waals surface area contributed by atoms with Crippen LogP contribution in [-0.4, -0.2) is 16.7 Å². The molecule has 4 nitrogen and oxygen atoms in total. The van der Waals surface area contributed by atoms with E-state index in [-0.39, 0.29) is 24.3 Å². The molecule has 1 unspecified atom stereocenters. The first-order valence-electron chi connectivity index (χ1n) is 8.49. The molecule has 1 aliphatic rings. The summed E-state index contributed by atoms with van der Waals surface area (Å²) in [5.41, 5.74) is 4.56. The van der Waals surface area contributed by atoms with Crippen LogP contribution in [0.3, 0.4) is 0 Å². The van der Waals surface area contributed by atoms with Crippen LogP contribution in [0.5, 0.6) is 0 Å². The Balaban J connectivity index is 1.85. The molecule has 26 heavy (non-hydrogen) atoms.